The molecule has 0 aliphatic rings. The molecule has 1 heterocycles. The van der Waals surface area contributed by atoms with Gasteiger partial charge in [-0.05, 0) is 6.07 Å². The van der Waals surface area contributed by atoms with E-state index in [2.05, 4.69) is 5.16 Å². The highest BCUT2D eigenvalue weighted by molar-refractivity contribution is 5.96. The first-order chi connectivity index (χ1) is 10.3. The molecule has 4 nitrogen and oxygen atoms in total. The molecule has 0 atom stereocenters. The predicted molar refractivity (Wildman–Crippen MR) is 78.7 cm³/mol. The summed E-state index contributed by atoms with van der Waals surface area (Å²) in [5.41, 5.74) is 2.70. The van der Waals surface area contributed by atoms with Crippen molar-refractivity contribution in [2.75, 3.05) is 7.11 Å². The standard InChI is InChI=1S/C17H13NO3/c1-20-17(19)14-10-6-5-9-13(14)15-11-16(21-18-15)12-7-3-2-4-8-12/h2-11H,1H3. The summed E-state index contributed by atoms with van der Waals surface area (Å²) in [7, 11) is 1.36. The minimum absolute atomic E-state index is 0.394. The number of carbonyl (C=O) groups is 1. The van der Waals surface area contributed by atoms with Crippen LogP contribution in [0.5, 0.6) is 0 Å². The van der Waals surface area contributed by atoms with Crippen LogP contribution < -0.4 is 0 Å². The topological polar surface area (TPSA) is 52.3 Å². The summed E-state index contributed by atoms with van der Waals surface area (Å²) in [6.07, 6.45) is 0. The molecule has 104 valence electrons. The van der Waals surface area contributed by atoms with Gasteiger partial charge in [0.2, 0.25) is 0 Å². The first-order valence-corrected chi connectivity index (χ1v) is 6.49. The molecule has 0 spiro atoms. The molecule has 0 aliphatic carbocycles. The lowest BCUT2D eigenvalue weighted by Crippen LogP contribution is -2.03. The zero-order valence-corrected chi connectivity index (χ0v) is 11.4. The number of nitrogens with zero attached hydrogens (tertiary/aromatic N) is 1. The third kappa shape index (κ3) is 2.56. The quantitative estimate of drug-likeness (QED) is 0.684. The molecule has 0 amide bonds. The molecule has 0 unspecified atom stereocenters. The molecular formula is C17H13NO3. The average Bonchev–Trinajstić information content (AvgIpc) is 3.05. The maximum Gasteiger partial charge on any atom is 0.338 e. The lowest BCUT2D eigenvalue weighted by atomic mass is 10.0. The SMILES string of the molecule is COC(=O)c1ccccc1-c1cc(-c2ccccc2)on1. The Balaban J connectivity index is 2.03. The second-order valence-corrected chi connectivity index (χ2v) is 4.48. The Morgan fingerprint density at radius 2 is 1.76 bits per heavy atom. The van der Waals surface area contributed by atoms with Gasteiger partial charge in [-0.15, -0.1) is 0 Å². The number of esters is 1. The van der Waals surface area contributed by atoms with Crippen molar-refractivity contribution in [3.05, 3.63) is 66.2 Å². The fourth-order valence-electron chi connectivity index (χ4n) is 2.14. The Kier molecular flexibility index (Phi) is 3.51. The maximum absolute atomic E-state index is 11.8. The van der Waals surface area contributed by atoms with Gasteiger partial charge in [-0.2, -0.15) is 0 Å². The number of hydrogen-bond donors (Lipinski definition) is 0. The first kappa shape index (κ1) is 13.1. The number of rotatable bonds is 3. The fourth-order valence-corrected chi connectivity index (χ4v) is 2.14. The van der Waals surface area contributed by atoms with Crippen molar-refractivity contribution in [3.63, 3.8) is 0 Å². The van der Waals surface area contributed by atoms with Crippen LogP contribution in [0.2, 0.25) is 0 Å². The van der Waals surface area contributed by atoms with Crippen molar-refractivity contribution < 1.29 is 14.1 Å². The number of aromatic nitrogens is 1. The van der Waals surface area contributed by atoms with Crippen LogP contribution in [0, 0.1) is 0 Å². The summed E-state index contributed by atoms with van der Waals surface area (Å²) < 4.78 is 10.2. The van der Waals surface area contributed by atoms with Crippen LogP contribution in [0.1, 0.15) is 10.4 Å². The van der Waals surface area contributed by atoms with Gasteiger partial charge in [-0.3, -0.25) is 0 Å². The minimum Gasteiger partial charge on any atom is -0.465 e. The molecular weight excluding hydrogens is 266 g/mol. The third-order valence-electron chi connectivity index (χ3n) is 3.18. The van der Waals surface area contributed by atoms with E-state index in [1.807, 2.05) is 48.5 Å². The van der Waals surface area contributed by atoms with E-state index in [4.69, 9.17) is 9.26 Å². The Labute approximate surface area is 122 Å². The van der Waals surface area contributed by atoms with Gasteiger partial charge in [0, 0.05) is 17.2 Å². The molecule has 0 saturated carbocycles. The van der Waals surface area contributed by atoms with Crippen molar-refractivity contribution in [1.82, 2.24) is 5.16 Å². The molecule has 0 bridgehead atoms. The van der Waals surface area contributed by atoms with Crippen LogP contribution in [0.15, 0.2) is 65.2 Å². The molecule has 3 rings (SSSR count). The lowest BCUT2D eigenvalue weighted by Gasteiger charge is -2.03. The highest BCUT2D eigenvalue weighted by Gasteiger charge is 2.16. The molecule has 4 heteroatoms. The average molecular weight is 279 g/mol. The van der Waals surface area contributed by atoms with Crippen molar-refractivity contribution in [3.8, 4) is 22.6 Å². The van der Waals surface area contributed by atoms with Crippen LogP contribution in [-0.4, -0.2) is 18.2 Å². The van der Waals surface area contributed by atoms with Crippen molar-refractivity contribution in [2.24, 2.45) is 0 Å². The Morgan fingerprint density at radius 3 is 2.52 bits per heavy atom. The van der Waals surface area contributed by atoms with Crippen LogP contribution >= 0.6 is 0 Å². The van der Waals surface area contributed by atoms with E-state index in [1.54, 1.807) is 12.1 Å². The van der Waals surface area contributed by atoms with Crippen LogP contribution in [-0.2, 0) is 4.74 Å². The summed E-state index contributed by atoms with van der Waals surface area (Å²) in [6.45, 7) is 0. The van der Waals surface area contributed by atoms with E-state index >= 15 is 0 Å². The van der Waals surface area contributed by atoms with Gasteiger partial charge in [0.15, 0.2) is 5.76 Å². The van der Waals surface area contributed by atoms with Gasteiger partial charge in [0.05, 0.1) is 12.7 Å². The summed E-state index contributed by atoms with van der Waals surface area (Å²) in [5, 5.41) is 4.06. The molecule has 0 saturated heterocycles. The van der Waals surface area contributed by atoms with Crippen LogP contribution in [0.25, 0.3) is 22.6 Å². The molecule has 3 aromatic rings. The van der Waals surface area contributed by atoms with Crippen molar-refractivity contribution in [2.45, 2.75) is 0 Å². The van der Waals surface area contributed by atoms with Gasteiger partial charge < -0.3 is 9.26 Å². The molecule has 0 aliphatic heterocycles. The fraction of sp³-hybridized carbons (Fsp3) is 0.0588. The predicted octanol–water partition coefficient (Wildman–Crippen LogP) is 3.80. The summed E-state index contributed by atoms with van der Waals surface area (Å²) in [6, 6.07) is 18.7. The van der Waals surface area contributed by atoms with Gasteiger partial charge in [0.1, 0.15) is 5.69 Å². The van der Waals surface area contributed by atoms with Gasteiger partial charge in [-0.1, -0.05) is 53.7 Å². The molecule has 0 N–H and O–H groups in total. The summed E-state index contributed by atoms with van der Waals surface area (Å²) >= 11 is 0. The van der Waals surface area contributed by atoms with Gasteiger partial charge >= 0.3 is 5.97 Å². The number of carbonyl (C=O) groups excluding carboxylic acids is 1. The summed E-state index contributed by atoms with van der Waals surface area (Å²) in [5.74, 6) is 0.264. The molecule has 2 aromatic carbocycles. The lowest BCUT2D eigenvalue weighted by molar-refractivity contribution is 0.0601. The Hall–Kier alpha value is -2.88. The van der Waals surface area contributed by atoms with Crippen molar-refractivity contribution >= 4 is 5.97 Å². The second kappa shape index (κ2) is 5.63. The second-order valence-electron chi connectivity index (χ2n) is 4.48. The zero-order chi connectivity index (χ0) is 14.7. The van der Waals surface area contributed by atoms with Crippen LogP contribution in [0.4, 0.5) is 0 Å². The van der Waals surface area contributed by atoms with Crippen LogP contribution in [0.3, 0.4) is 0 Å². The van der Waals surface area contributed by atoms with Crippen molar-refractivity contribution in [1.29, 1.82) is 0 Å². The smallest absolute Gasteiger partial charge is 0.338 e. The first-order valence-electron chi connectivity index (χ1n) is 6.49. The van der Waals surface area contributed by atoms with E-state index in [1.165, 1.54) is 7.11 Å². The monoisotopic (exact) mass is 279 g/mol. The summed E-state index contributed by atoms with van der Waals surface area (Å²) in [4.78, 5) is 11.8. The Morgan fingerprint density at radius 1 is 1.05 bits per heavy atom. The Bertz CT molecular complexity index is 762. The molecule has 21 heavy (non-hydrogen) atoms. The highest BCUT2D eigenvalue weighted by atomic mass is 16.5. The van der Waals surface area contributed by atoms with E-state index in [0.29, 0.717) is 22.6 Å². The molecule has 1 aromatic heterocycles. The molecule has 0 radical (unpaired) electrons. The van der Waals surface area contributed by atoms with E-state index < -0.39 is 5.97 Å². The van der Waals surface area contributed by atoms with E-state index in [0.717, 1.165) is 5.56 Å². The molecule has 0 fully saturated rings. The van der Waals surface area contributed by atoms with Gasteiger partial charge in [-0.25, -0.2) is 4.79 Å². The largest absolute Gasteiger partial charge is 0.465 e. The minimum atomic E-state index is -0.394. The number of methoxy groups -OCH3 is 1. The number of hydrogen-bond acceptors (Lipinski definition) is 4. The third-order valence-corrected chi connectivity index (χ3v) is 3.18. The van der Waals surface area contributed by atoms with E-state index in [-0.39, 0.29) is 0 Å². The maximum atomic E-state index is 11.8. The van der Waals surface area contributed by atoms with E-state index in [9.17, 15) is 4.79 Å². The number of benzene rings is 2. The number of ether oxygens (including phenoxy) is 1. The normalized spacial score (nSPS) is 10.3. The highest BCUT2D eigenvalue weighted by Crippen LogP contribution is 2.28. The van der Waals surface area contributed by atoms with Gasteiger partial charge in [0.25, 0.3) is 0 Å². The zero-order valence-electron chi connectivity index (χ0n) is 11.4.